The molecular weight excluding hydrogens is 440 g/mol. The Morgan fingerprint density at radius 1 is 1.06 bits per heavy atom. The first kappa shape index (κ1) is 22.8. The maximum Gasteiger partial charge on any atom is 0.241 e. The van der Waals surface area contributed by atoms with Gasteiger partial charge in [0.25, 0.3) is 0 Å². The predicted octanol–water partition coefficient (Wildman–Crippen LogP) is 3.77. The summed E-state index contributed by atoms with van der Waals surface area (Å²) in [6.45, 7) is 2.22. The molecule has 1 heterocycles. The second-order valence-corrected chi connectivity index (χ2v) is 9.64. The molecule has 1 aliphatic heterocycles. The first-order valence-corrected chi connectivity index (χ1v) is 12.0. The molecule has 0 radical (unpaired) electrons. The lowest BCUT2D eigenvalue weighted by Crippen LogP contribution is -2.42. The van der Waals surface area contributed by atoms with Crippen LogP contribution in [0.4, 0.5) is 0 Å². The number of sulfonamides is 1. The maximum absolute atomic E-state index is 13.1. The lowest BCUT2D eigenvalue weighted by Gasteiger charge is -2.19. The second-order valence-electron chi connectivity index (χ2n) is 7.92. The van der Waals surface area contributed by atoms with Crippen LogP contribution in [0.5, 0.6) is 11.5 Å². The average Bonchev–Trinajstić information content (AvgIpc) is 3.31. The van der Waals surface area contributed by atoms with Gasteiger partial charge in [0.05, 0.1) is 12.0 Å². The van der Waals surface area contributed by atoms with Crippen LogP contribution in [0.3, 0.4) is 0 Å². The summed E-state index contributed by atoms with van der Waals surface area (Å²) in [5.74, 6) is 1.22. The summed E-state index contributed by atoms with van der Waals surface area (Å²) < 4.78 is 40.0. The number of hydrogen-bond donors (Lipinski definition) is 2. The van der Waals surface area contributed by atoms with Gasteiger partial charge in [-0.25, -0.2) is 13.4 Å². The van der Waals surface area contributed by atoms with Crippen molar-refractivity contribution in [2.45, 2.75) is 30.3 Å². The summed E-state index contributed by atoms with van der Waals surface area (Å²) in [6.07, 6.45) is 0.319. The molecule has 8 heteroatoms. The van der Waals surface area contributed by atoms with Gasteiger partial charge in [-0.3, -0.25) is 0 Å². The molecule has 0 bridgehead atoms. The summed E-state index contributed by atoms with van der Waals surface area (Å²) in [6, 6.07) is 19.9. The highest BCUT2D eigenvalue weighted by Crippen LogP contribution is 2.27. The highest BCUT2D eigenvalue weighted by atomic mass is 32.2. The minimum atomic E-state index is -3.81. The molecule has 0 amide bonds. The average molecular weight is 467 g/mol. The van der Waals surface area contributed by atoms with Gasteiger partial charge < -0.3 is 14.6 Å². The van der Waals surface area contributed by atoms with Crippen LogP contribution in [0.1, 0.15) is 22.7 Å². The third-order valence-electron chi connectivity index (χ3n) is 5.48. The SMILES string of the molecule is COc1ccc([C@H]2COC([C@H](Cc3ccc(O)cc3)NS(=O)(=O)c3ccc(C)cc3)=N2)cc1. The molecule has 33 heavy (non-hydrogen) atoms. The third kappa shape index (κ3) is 5.53. The van der Waals surface area contributed by atoms with Gasteiger partial charge in [-0.15, -0.1) is 0 Å². The zero-order chi connectivity index (χ0) is 23.4. The van der Waals surface area contributed by atoms with Gasteiger partial charge in [-0.1, -0.05) is 42.0 Å². The maximum atomic E-state index is 13.1. The van der Waals surface area contributed by atoms with E-state index in [0.29, 0.717) is 18.9 Å². The number of ether oxygens (including phenoxy) is 2. The Hall–Kier alpha value is -3.36. The predicted molar refractivity (Wildman–Crippen MR) is 126 cm³/mol. The number of phenols is 1. The van der Waals surface area contributed by atoms with Gasteiger partial charge in [0.15, 0.2) is 0 Å². The molecule has 3 aromatic carbocycles. The van der Waals surface area contributed by atoms with Gasteiger partial charge in [0, 0.05) is 0 Å². The molecule has 0 fully saturated rings. The molecule has 2 atom stereocenters. The van der Waals surface area contributed by atoms with Crippen molar-refractivity contribution in [3.8, 4) is 11.5 Å². The molecule has 0 spiro atoms. The summed E-state index contributed by atoms with van der Waals surface area (Å²) in [5.41, 5.74) is 2.76. The van der Waals surface area contributed by atoms with Crippen LogP contribution in [0, 0.1) is 6.92 Å². The fourth-order valence-electron chi connectivity index (χ4n) is 3.60. The van der Waals surface area contributed by atoms with E-state index < -0.39 is 16.1 Å². The number of phenolic OH excluding ortho intramolecular Hbond substituents is 1. The fraction of sp³-hybridized carbons (Fsp3) is 0.240. The molecule has 0 unspecified atom stereocenters. The van der Waals surface area contributed by atoms with Crippen LogP contribution in [-0.4, -0.2) is 39.2 Å². The molecule has 1 aliphatic rings. The lowest BCUT2D eigenvalue weighted by molar-refractivity contribution is 0.304. The van der Waals surface area contributed by atoms with Crippen molar-refractivity contribution in [2.24, 2.45) is 4.99 Å². The number of aliphatic imine (C=N–C) groups is 1. The molecule has 0 aliphatic carbocycles. The molecular formula is C25H26N2O5S. The molecule has 4 rings (SSSR count). The van der Waals surface area contributed by atoms with Crippen molar-refractivity contribution in [3.63, 3.8) is 0 Å². The molecule has 7 nitrogen and oxygen atoms in total. The third-order valence-corrected chi connectivity index (χ3v) is 6.96. The summed E-state index contributed by atoms with van der Waals surface area (Å²) in [4.78, 5) is 4.87. The Balaban J connectivity index is 1.61. The largest absolute Gasteiger partial charge is 0.508 e. The van der Waals surface area contributed by atoms with E-state index in [1.54, 1.807) is 55.6 Å². The van der Waals surface area contributed by atoms with E-state index in [1.807, 2.05) is 31.2 Å². The van der Waals surface area contributed by atoms with Crippen LogP contribution in [-0.2, 0) is 21.2 Å². The van der Waals surface area contributed by atoms with E-state index in [-0.39, 0.29) is 16.7 Å². The van der Waals surface area contributed by atoms with Crippen LogP contribution in [0.15, 0.2) is 82.7 Å². The monoisotopic (exact) mass is 466 g/mol. The number of rotatable bonds is 8. The van der Waals surface area contributed by atoms with Crippen molar-refractivity contribution in [2.75, 3.05) is 13.7 Å². The zero-order valence-electron chi connectivity index (χ0n) is 18.4. The molecule has 172 valence electrons. The summed E-state index contributed by atoms with van der Waals surface area (Å²) >= 11 is 0. The lowest BCUT2D eigenvalue weighted by atomic mass is 10.1. The number of aromatic hydroxyl groups is 1. The number of methoxy groups -OCH3 is 1. The number of aryl methyl sites for hydroxylation is 1. The Labute approximate surface area is 193 Å². The van der Waals surface area contributed by atoms with Gasteiger partial charge in [-0.05, 0) is 60.9 Å². The quantitative estimate of drug-likeness (QED) is 0.527. The highest BCUT2D eigenvalue weighted by molar-refractivity contribution is 7.89. The van der Waals surface area contributed by atoms with E-state index in [9.17, 15) is 13.5 Å². The van der Waals surface area contributed by atoms with E-state index in [0.717, 1.165) is 22.4 Å². The van der Waals surface area contributed by atoms with Crippen molar-refractivity contribution in [1.29, 1.82) is 0 Å². The van der Waals surface area contributed by atoms with Gasteiger partial charge in [-0.2, -0.15) is 4.72 Å². The van der Waals surface area contributed by atoms with E-state index in [4.69, 9.17) is 14.5 Å². The van der Waals surface area contributed by atoms with Crippen molar-refractivity contribution in [1.82, 2.24) is 4.72 Å². The van der Waals surface area contributed by atoms with E-state index >= 15 is 0 Å². The van der Waals surface area contributed by atoms with Crippen LogP contribution < -0.4 is 9.46 Å². The number of hydrogen-bond acceptors (Lipinski definition) is 6. The smallest absolute Gasteiger partial charge is 0.241 e. The Bertz CT molecular complexity index is 1220. The van der Waals surface area contributed by atoms with Crippen molar-refractivity contribution >= 4 is 15.9 Å². The molecule has 0 saturated carbocycles. The molecule has 0 aromatic heterocycles. The summed E-state index contributed by atoms with van der Waals surface area (Å²) in [7, 11) is -2.20. The van der Waals surface area contributed by atoms with Gasteiger partial charge in [0.1, 0.15) is 30.2 Å². The Kier molecular flexibility index (Phi) is 6.67. The molecule has 0 saturated heterocycles. The number of benzene rings is 3. The first-order chi connectivity index (χ1) is 15.8. The van der Waals surface area contributed by atoms with Gasteiger partial charge in [0.2, 0.25) is 15.9 Å². The minimum Gasteiger partial charge on any atom is -0.508 e. The minimum absolute atomic E-state index is 0.143. The highest BCUT2D eigenvalue weighted by Gasteiger charge is 2.31. The normalized spacial score (nSPS) is 16.7. The van der Waals surface area contributed by atoms with Gasteiger partial charge >= 0.3 is 0 Å². The van der Waals surface area contributed by atoms with Crippen LogP contribution in [0.2, 0.25) is 0 Å². The zero-order valence-corrected chi connectivity index (χ0v) is 19.2. The van der Waals surface area contributed by atoms with E-state index in [1.165, 1.54) is 0 Å². The molecule has 3 aromatic rings. The first-order valence-electron chi connectivity index (χ1n) is 10.6. The summed E-state index contributed by atoms with van der Waals surface area (Å²) in [5, 5.41) is 9.59. The number of nitrogens with zero attached hydrogens (tertiary/aromatic N) is 1. The Morgan fingerprint density at radius 3 is 2.36 bits per heavy atom. The van der Waals surface area contributed by atoms with Crippen molar-refractivity contribution in [3.05, 3.63) is 89.5 Å². The Morgan fingerprint density at radius 2 is 1.73 bits per heavy atom. The fourth-order valence-corrected chi connectivity index (χ4v) is 4.79. The number of nitrogens with one attached hydrogen (secondary N) is 1. The van der Waals surface area contributed by atoms with E-state index in [2.05, 4.69) is 4.72 Å². The van der Waals surface area contributed by atoms with Crippen molar-refractivity contribution < 1.29 is 23.0 Å². The molecule has 2 N–H and O–H groups in total. The second kappa shape index (κ2) is 9.64. The van der Waals surface area contributed by atoms with Crippen LogP contribution >= 0.6 is 0 Å². The standard InChI is InChI=1S/C25H26N2O5S/c1-17-3-13-22(14-4-17)33(29,30)27-23(15-18-5-9-20(28)10-6-18)25-26-24(16-32-25)19-7-11-21(31-2)12-8-19/h3-14,23-24,27-28H,15-16H2,1-2H3/t23-,24+/m0/s1. The van der Waals surface area contributed by atoms with Crippen LogP contribution in [0.25, 0.3) is 0 Å². The topological polar surface area (TPSA) is 97.2 Å².